The Kier molecular flexibility index (Phi) is 6.45. The van der Waals surface area contributed by atoms with Crippen molar-refractivity contribution in [3.8, 4) is 0 Å². The summed E-state index contributed by atoms with van der Waals surface area (Å²) in [6.45, 7) is 0. The van der Waals surface area contributed by atoms with Crippen molar-refractivity contribution in [3.05, 3.63) is 37.9 Å². The largest absolute Gasteiger partial charge is 0.416 e. The molecule has 0 heterocycles. The van der Waals surface area contributed by atoms with Crippen molar-refractivity contribution in [1.82, 2.24) is 0 Å². The number of anilines is 1. The van der Waals surface area contributed by atoms with Gasteiger partial charge in [-0.2, -0.15) is 39.5 Å². The number of amidine groups is 1. The van der Waals surface area contributed by atoms with E-state index in [-0.39, 0.29) is 0 Å². The summed E-state index contributed by atoms with van der Waals surface area (Å²) < 4.78 is 142. The monoisotopic (exact) mass is 478 g/mol. The summed E-state index contributed by atoms with van der Waals surface area (Å²) in [6, 6.07) is -0.931. The predicted molar refractivity (Wildman–Crippen MR) is 76.9 cm³/mol. The molecule has 0 amide bonds. The maximum Gasteiger partial charge on any atom is 0.416 e. The van der Waals surface area contributed by atoms with Crippen molar-refractivity contribution < 1.29 is 58.1 Å². The number of rotatable bonds is 7. The van der Waals surface area contributed by atoms with E-state index in [2.05, 4.69) is 0 Å². The second kappa shape index (κ2) is 7.76. The van der Waals surface area contributed by atoms with Gasteiger partial charge in [-0.15, -0.1) is 0 Å². The molecular formula is C12H5F11N4O4. The van der Waals surface area contributed by atoms with Crippen LogP contribution in [-0.4, -0.2) is 39.9 Å². The fourth-order valence-electron chi connectivity index (χ4n) is 1.90. The van der Waals surface area contributed by atoms with E-state index in [0.717, 1.165) is 0 Å². The molecule has 31 heavy (non-hydrogen) atoms. The first-order valence-electron chi connectivity index (χ1n) is 7.01. The van der Waals surface area contributed by atoms with Crippen molar-refractivity contribution in [2.45, 2.75) is 30.4 Å². The number of nitrogens with zero attached hydrogens (tertiary/aromatic N) is 2. The average molecular weight is 478 g/mol. The van der Waals surface area contributed by atoms with Gasteiger partial charge in [0.15, 0.2) is 11.5 Å². The molecule has 0 aromatic heterocycles. The molecule has 0 saturated heterocycles. The van der Waals surface area contributed by atoms with Gasteiger partial charge >= 0.3 is 30.4 Å². The van der Waals surface area contributed by atoms with E-state index in [1.807, 2.05) is 0 Å². The van der Waals surface area contributed by atoms with Gasteiger partial charge in [0.05, 0.1) is 15.4 Å². The van der Waals surface area contributed by atoms with Crippen molar-refractivity contribution in [2.75, 3.05) is 5.32 Å². The van der Waals surface area contributed by atoms with E-state index in [1.165, 1.54) is 0 Å². The maximum absolute atomic E-state index is 13.7. The third-order valence-electron chi connectivity index (χ3n) is 3.47. The van der Waals surface area contributed by atoms with E-state index >= 15 is 0 Å². The second-order valence-corrected chi connectivity index (χ2v) is 5.47. The van der Waals surface area contributed by atoms with Crippen LogP contribution in [0.1, 0.15) is 5.56 Å². The number of alkyl halides is 11. The molecule has 0 bridgehead atoms. The molecule has 0 spiro atoms. The lowest BCUT2D eigenvalue weighted by molar-refractivity contribution is -0.392. The molecule has 0 saturated carbocycles. The minimum absolute atomic E-state index is 0.466. The number of nitrogens with one attached hydrogen (secondary N) is 2. The Morgan fingerprint density at radius 1 is 0.903 bits per heavy atom. The molecule has 174 valence electrons. The second-order valence-electron chi connectivity index (χ2n) is 5.47. The molecular weight excluding hydrogens is 473 g/mol. The van der Waals surface area contributed by atoms with Gasteiger partial charge < -0.3 is 5.32 Å². The summed E-state index contributed by atoms with van der Waals surface area (Å²) in [5, 5.41) is 29.2. The average Bonchev–Trinajstić information content (AvgIpc) is 2.59. The standard InChI is InChI=1S/C12H5F11N4O4/c13-7(14)9(15,16)12(22,23)10(17,18)8(24)25-6-4(26(28)29)1-3(11(19,20)21)2-5(6)27(30)31/h1-2,7H,(H2,24,25). The Morgan fingerprint density at radius 2 is 1.29 bits per heavy atom. The summed E-state index contributed by atoms with van der Waals surface area (Å²) in [4.78, 5) is 18.1. The molecule has 1 rings (SSSR count). The highest BCUT2D eigenvalue weighted by Gasteiger charge is 2.77. The Balaban J connectivity index is 3.66. The first-order valence-corrected chi connectivity index (χ1v) is 7.01. The number of hydrogen-bond donors (Lipinski definition) is 2. The van der Waals surface area contributed by atoms with Crippen LogP contribution in [0.3, 0.4) is 0 Å². The van der Waals surface area contributed by atoms with Gasteiger partial charge in [0.2, 0.25) is 0 Å². The molecule has 2 N–H and O–H groups in total. The third kappa shape index (κ3) is 4.43. The van der Waals surface area contributed by atoms with E-state index in [4.69, 9.17) is 5.41 Å². The van der Waals surface area contributed by atoms with Crippen LogP contribution in [0.15, 0.2) is 12.1 Å². The molecule has 0 atom stereocenters. The number of nitro benzene ring substituents is 2. The molecule has 19 heteroatoms. The molecule has 8 nitrogen and oxygen atoms in total. The molecule has 0 aliphatic heterocycles. The van der Waals surface area contributed by atoms with Crippen LogP contribution in [0.25, 0.3) is 0 Å². The molecule has 0 radical (unpaired) electrons. The van der Waals surface area contributed by atoms with Crippen LogP contribution >= 0.6 is 0 Å². The van der Waals surface area contributed by atoms with E-state index in [0.29, 0.717) is 5.32 Å². The van der Waals surface area contributed by atoms with Crippen LogP contribution in [0.5, 0.6) is 0 Å². The summed E-state index contributed by atoms with van der Waals surface area (Å²) in [7, 11) is 0. The SMILES string of the molecule is N=C(Nc1c([N+](=O)[O-])cc(C(F)(F)F)cc1[N+](=O)[O-])C(F)(F)C(F)(F)C(F)(F)C(F)F. The van der Waals surface area contributed by atoms with Gasteiger partial charge in [-0.3, -0.25) is 25.6 Å². The third-order valence-corrected chi connectivity index (χ3v) is 3.47. The summed E-state index contributed by atoms with van der Waals surface area (Å²) in [5.74, 6) is -23.5. The van der Waals surface area contributed by atoms with Crippen LogP contribution in [0, 0.1) is 25.6 Å². The lowest BCUT2D eigenvalue weighted by Gasteiger charge is -2.32. The van der Waals surface area contributed by atoms with Gasteiger partial charge in [-0.05, 0) is 0 Å². The van der Waals surface area contributed by atoms with E-state index < -0.39 is 80.8 Å². The molecule has 1 aromatic carbocycles. The number of benzene rings is 1. The first-order chi connectivity index (χ1) is 13.7. The quantitative estimate of drug-likeness (QED) is 0.186. The summed E-state index contributed by atoms with van der Waals surface area (Å²) >= 11 is 0. The minimum Gasteiger partial charge on any atom is -0.328 e. The van der Waals surface area contributed by atoms with Gasteiger partial charge in [-0.1, -0.05) is 0 Å². The predicted octanol–water partition coefficient (Wildman–Crippen LogP) is 5.08. The van der Waals surface area contributed by atoms with Crippen LogP contribution in [0.2, 0.25) is 0 Å². The number of halogens is 11. The van der Waals surface area contributed by atoms with Crippen LogP contribution < -0.4 is 5.32 Å². The Hall–Kier alpha value is -3.28. The highest BCUT2D eigenvalue weighted by molar-refractivity contribution is 6.02. The summed E-state index contributed by atoms with van der Waals surface area (Å²) in [6.07, 6.45) is -10.8. The van der Waals surface area contributed by atoms with Gasteiger partial charge in [0.1, 0.15) is 0 Å². The Labute approximate surface area is 161 Å². The fourth-order valence-corrected chi connectivity index (χ4v) is 1.90. The van der Waals surface area contributed by atoms with Gasteiger partial charge in [0, 0.05) is 12.1 Å². The summed E-state index contributed by atoms with van der Waals surface area (Å²) in [5.41, 5.74) is -8.13. The Morgan fingerprint density at radius 3 is 1.58 bits per heavy atom. The van der Waals surface area contributed by atoms with Crippen LogP contribution in [0.4, 0.5) is 65.4 Å². The van der Waals surface area contributed by atoms with E-state index in [9.17, 15) is 68.5 Å². The molecule has 0 aliphatic carbocycles. The highest BCUT2D eigenvalue weighted by atomic mass is 19.4. The Bertz CT molecular complexity index is 881. The van der Waals surface area contributed by atoms with Crippen molar-refractivity contribution >= 4 is 22.9 Å². The maximum atomic E-state index is 13.7. The minimum atomic E-state index is -7.01. The van der Waals surface area contributed by atoms with E-state index in [1.54, 1.807) is 0 Å². The lowest BCUT2D eigenvalue weighted by atomic mass is 10.0. The molecule has 1 aromatic rings. The topological polar surface area (TPSA) is 122 Å². The van der Waals surface area contributed by atoms with Crippen LogP contribution in [-0.2, 0) is 6.18 Å². The zero-order valence-electron chi connectivity index (χ0n) is 13.9. The zero-order chi connectivity index (χ0) is 24.7. The van der Waals surface area contributed by atoms with Crippen molar-refractivity contribution in [2.24, 2.45) is 0 Å². The van der Waals surface area contributed by atoms with Gasteiger partial charge in [0.25, 0.3) is 11.4 Å². The number of hydrogen-bond acceptors (Lipinski definition) is 5. The smallest absolute Gasteiger partial charge is 0.328 e. The first kappa shape index (κ1) is 25.8. The fraction of sp³-hybridized carbons (Fsp3) is 0.417. The van der Waals surface area contributed by atoms with Crippen molar-refractivity contribution in [3.63, 3.8) is 0 Å². The molecule has 0 aliphatic rings. The molecule has 0 unspecified atom stereocenters. The lowest BCUT2D eigenvalue weighted by Crippen LogP contribution is -2.61. The van der Waals surface area contributed by atoms with Gasteiger partial charge in [-0.25, -0.2) is 8.78 Å². The molecule has 0 fully saturated rings. The normalized spacial score (nSPS) is 13.3. The number of nitro groups is 2. The van der Waals surface area contributed by atoms with Crippen molar-refractivity contribution in [1.29, 1.82) is 5.41 Å². The zero-order valence-corrected chi connectivity index (χ0v) is 13.9. The highest BCUT2D eigenvalue weighted by Crippen LogP contribution is 2.50.